The van der Waals surface area contributed by atoms with Crippen molar-refractivity contribution in [2.75, 3.05) is 13.6 Å². The summed E-state index contributed by atoms with van der Waals surface area (Å²) in [5.41, 5.74) is 0.943. The van der Waals surface area contributed by atoms with Crippen LogP contribution in [0.15, 0.2) is 35.8 Å². The molecule has 100 valence electrons. The maximum absolute atomic E-state index is 12.0. The number of likely N-dealkylation sites (N-methyl/N-ethyl adjacent to an activating group) is 1. The number of hydrogen-bond donors (Lipinski definition) is 0. The Hall–Kier alpha value is -1.39. The van der Waals surface area contributed by atoms with E-state index in [0.29, 0.717) is 18.0 Å². The number of aromatic nitrogens is 1. The van der Waals surface area contributed by atoms with Gasteiger partial charge in [0.05, 0.1) is 11.4 Å². The molecule has 19 heavy (non-hydrogen) atoms. The van der Waals surface area contributed by atoms with Gasteiger partial charge in [-0.2, -0.15) is 0 Å². The maximum Gasteiger partial charge on any atom is 0.226 e. The Balaban J connectivity index is 1.85. The maximum atomic E-state index is 12.0. The van der Waals surface area contributed by atoms with Crippen LogP contribution in [0.4, 0.5) is 0 Å². The number of amides is 1. The van der Waals surface area contributed by atoms with E-state index in [1.807, 2.05) is 36.7 Å². The second kappa shape index (κ2) is 6.68. The lowest BCUT2D eigenvalue weighted by molar-refractivity contribution is -0.129. The van der Waals surface area contributed by atoms with Crippen LogP contribution in [-0.2, 0) is 17.6 Å². The van der Waals surface area contributed by atoms with Crippen LogP contribution in [-0.4, -0.2) is 29.4 Å². The lowest BCUT2D eigenvalue weighted by Crippen LogP contribution is -2.30. The molecule has 0 N–H and O–H groups in total. The van der Waals surface area contributed by atoms with Crippen LogP contribution >= 0.6 is 22.9 Å². The molecule has 5 heteroatoms. The van der Waals surface area contributed by atoms with E-state index in [1.54, 1.807) is 22.4 Å². The Morgan fingerprint density at radius 2 is 2.32 bits per heavy atom. The molecule has 1 aromatic carbocycles. The number of nitrogens with zero attached hydrogens (tertiary/aromatic N) is 2. The first-order valence-corrected chi connectivity index (χ1v) is 7.27. The van der Waals surface area contributed by atoms with Crippen LogP contribution < -0.4 is 0 Å². The van der Waals surface area contributed by atoms with Crippen molar-refractivity contribution in [2.24, 2.45) is 0 Å². The first-order chi connectivity index (χ1) is 9.15. The molecule has 0 bridgehead atoms. The molecule has 0 saturated heterocycles. The van der Waals surface area contributed by atoms with Gasteiger partial charge in [-0.05, 0) is 17.7 Å². The quantitative estimate of drug-likeness (QED) is 0.849. The lowest BCUT2D eigenvalue weighted by atomic mass is 10.1. The van der Waals surface area contributed by atoms with E-state index in [0.717, 1.165) is 17.0 Å². The molecule has 0 aliphatic heterocycles. The van der Waals surface area contributed by atoms with Gasteiger partial charge in [0.1, 0.15) is 0 Å². The molecule has 0 saturated carbocycles. The van der Waals surface area contributed by atoms with Crippen molar-refractivity contribution in [1.29, 1.82) is 0 Å². The van der Waals surface area contributed by atoms with Gasteiger partial charge in [-0.25, -0.2) is 4.98 Å². The van der Waals surface area contributed by atoms with Crippen LogP contribution in [0.2, 0.25) is 5.02 Å². The smallest absolute Gasteiger partial charge is 0.226 e. The van der Waals surface area contributed by atoms with E-state index < -0.39 is 0 Å². The second-order valence-electron chi connectivity index (χ2n) is 4.30. The number of halogens is 1. The highest BCUT2D eigenvalue weighted by Gasteiger charge is 2.10. The minimum Gasteiger partial charge on any atom is -0.345 e. The summed E-state index contributed by atoms with van der Waals surface area (Å²) in [5.74, 6) is 0.0961. The fraction of sp³-hybridized carbons (Fsp3) is 0.286. The molecule has 2 rings (SSSR count). The molecule has 0 atom stereocenters. The number of benzene rings is 1. The van der Waals surface area contributed by atoms with Gasteiger partial charge in [-0.3, -0.25) is 4.79 Å². The zero-order valence-electron chi connectivity index (χ0n) is 10.7. The molecule has 1 amide bonds. The fourth-order valence-corrected chi connectivity index (χ4v) is 2.54. The van der Waals surface area contributed by atoms with Crippen LogP contribution in [0, 0.1) is 0 Å². The molecule has 1 heterocycles. The first-order valence-electron chi connectivity index (χ1n) is 6.02. The van der Waals surface area contributed by atoms with Crippen molar-refractivity contribution in [1.82, 2.24) is 9.88 Å². The summed E-state index contributed by atoms with van der Waals surface area (Å²) in [6, 6.07) is 7.41. The lowest BCUT2D eigenvalue weighted by Gasteiger charge is -2.16. The van der Waals surface area contributed by atoms with Gasteiger partial charge < -0.3 is 4.90 Å². The summed E-state index contributed by atoms with van der Waals surface area (Å²) in [7, 11) is 1.82. The summed E-state index contributed by atoms with van der Waals surface area (Å²) in [6.45, 7) is 0.687. The topological polar surface area (TPSA) is 33.2 Å². The minimum atomic E-state index is 0.0961. The SMILES string of the molecule is CN(CCc1nccs1)C(=O)Cc1cccc(Cl)c1. The third kappa shape index (κ3) is 4.33. The fourth-order valence-electron chi connectivity index (χ4n) is 1.72. The van der Waals surface area contributed by atoms with Crippen molar-refractivity contribution in [3.8, 4) is 0 Å². The highest BCUT2D eigenvalue weighted by Crippen LogP contribution is 2.12. The van der Waals surface area contributed by atoms with Crippen LogP contribution in [0.1, 0.15) is 10.6 Å². The normalized spacial score (nSPS) is 10.4. The zero-order valence-corrected chi connectivity index (χ0v) is 12.2. The van der Waals surface area contributed by atoms with E-state index in [-0.39, 0.29) is 5.91 Å². The summed E-state index contributed by atoms with van der Waals surface area (Å²) in [5, 5.41) is 3.67. The zero-order chi connectivity index (χ0) is 13.7. The molecule has 0 spiro atoms. The summed E-state index contributed by atoms with van der Waals surface area (Å²) in [4.78, 5) is 18.0. The van der Waals surface area contributed by atoms with Gasteiger partial charge in [0.25, 0.3) is 0 Å². The van der Waals surface area contributed by atoms with E-state index >= 15 is 0 Å². The van der Waals surface area contributed by atoms with E-state index in [9.17, 15) is 4.79 Å². The van der Waals surface area contributed by atoms with Crippen molar-refractivity contribution in [3.63, 3.8) is 0 Å². The Bertz CT molecular complexity index is 542. The van der Waals surface area contributed by atoms with Gasteiger partial charge in [-0.15, -0.1) is 11.3 Å². The number of hydrogen-bond acceptors (Lipinski definition) is 3. The van der Waals surface area contributed by atoms with Crippen LogP contribution in [0.5, 0.6) is 0 Å². The van der Waals surface area contributed by atoms with Crippen molar-refractivity contribution in [3.05, 3.63) is 51.4 Å². The summed E-state index contributed by atoms with van der Waals surface area (Å²) >= 11 is 7.52. The average Bonchev–Trinajstić information content (AvgIpc) is 2.89. The second-order valence-corrected chi connectivity index (χ2v) is 5.71. The average molecular weight is 295 g/mol. The predicted octanol–water partition coefficient (Wildman–Crippen LogP) is 3.04. The van der Waals surface area contributed by atoms with Crippen molar-refractivity contribution in [2.45, 2.75) is 12.8 Å². The van der Waals surface area contributed by atoms with Crippen LogP contribution in [0.25, 0.3) is 0 Å². The summed E-state index contributed by atoms with van der Waals surface area (Å²) in [6.07, 6.45) is 2.97. The monoisotopic (exact) mass is 294 g/mol. The molecular weight excluding hydrogens is 280 g/mol. The molecule has 1 aromatic heterocycles. The molecule has 3 nitrogen and oxygen atoms in total. The van der Waals surface area contributed by atoms with Crippen LogP contribution in [0.3, 0.4) is 0 Å². The summed E-state index contributed by atoms with van der Waals surface area (Å²) < 4.78 is 0. The highest BCUT2D eigenvalue weighted by atomic mass is 35.5. The standard InChI is InChI=1S/C14H15ClN2OS/c1-17(7-5-13-16-6-8-19-13)14(18)10-11-3-2-4-12(15)9-11/h2-4,6,8-9H,5,7,10H2,1H3. The van der Waals surface area contributed by atoms with Crippen molar-refractivity contribution >= 4 is 28.8 Å². The Morgan fingerprint density at radius 1 is 1.47 bits per heavy atom. The number of rotatable bonds is 5. The van der Waals surface area contributed by atoms with E-state index in [1.165, 1.54) is 0 Å². The molecule has 0 unspecified atom stereocenters. The highest BCUT2D eigenvalue weighted by molar-refractivity contribution is 7.09. The Morgan fingerprint density at radius 3 is 3.00 bits per heavy atom. The minimum absolute atomic E-state index is 0.0961. The Kier molecular flexibility index (Phi) is 4.93. The first kappa shape index (κ1) is 14.0. The molecule has 0 aliphatic rings. The number of carbonyl (C=O) groups is 1. The third-order valence-corrected chi connectivity index (χ3v) is 3.89. The van der Waals surface area contributed by atoms with E-state index in [2.05, 4.69) is 4.98 Å². The molecule has 0 aliphatic carbocycles. The van der Waals surface area contributed by atoms with Gasteiger partial charge in [0, 0.05) is 36.6 Å². The molecular formula is C14H15ClN2OS. The van der Waals surface area contributed by atoms with Gasteiger partial charge in [-0.1, -0.05) is 23.7 Å². The molecule has 0 fully saturated rings. The predicted molar refractivity (Wildman–Crippen MR) is 78.6 cm³/mol. The third-order valence-electron chi connectivity index (χ3n) is 2.81. The molecule has 2 aromatic rings. The van der Waals surface area contributed by atoms with Gasteiger partial charge in [0.2, 0.25) is 5.91 Å². The molecule has 0 radical (unpaired) electrons. The number of carbonyl (C=O) groups excluding carboxylic acids is 1. The van der Waals surface area contributed by atoms with E-state index in [4.69, 9.17) is 11.6 Å². The van der Waals surface area contributed by atoms with Gasteiger partial charge >= 0.3 is 0 Å². The largest absolute Gasteiger partial charge is 0.345 e. The van der Waals surface area contributed by atoms with Crippen molar-refractivity contribution < 1.29 is 4.79 Å². The van der Waals surface area contributed by atoms with Gasteiger partial charge in [0.15, 0.2) is 0 Å². The Labute approximate surface area is 121 Å². The number of thiazole rings is 1.